The molecule has 0 radical (unpaired) electrons. The van der Waals surface area contributed by atoms with Crippen molar-refractivity contribution in [2.24, 2.45) is 0 Å². The molecule has 2 aromatic carbocycles. The second kappa shape index (κ2) is 7.31. The summed E-state index contributed by atoms with van der Waals surface area (Å²) in [6.45, 7) is 3.63. The van der Waals surface area contributed by atoms with Crippen molar-refractivity contribution in [3.63, 3.8) is 0 Å². The molecule has 2 fully saturated rings. The summed E-state index contributed by atoms with van der Waals surface area (Å²) in [6.07, 6.45) is 4.97. The molecule has 0 unspecified atom stereocenters. The van der Waals surface area contributed by atoms with E-state index in [4.69, 9.17) is 14.2 Å². The number of hydrogen-bond acceptors (Lipinski definition) is 5. The molecule has 2 aliphatic heterocycles. The average Bonchev–Trinajstić information content (AvgIpc) is 3.11. The van der Waals surface area contributed by atoms with Crippen molar-refractivity contribution in [3.8, 4) is 11.5 Å². The van der Waals surface area contributed by atoms with Crippen molar-refractivity contribution in [1.82, 2.24) is 4.90 Å². The first kappa shape index (κ1) is 21.2. The van der Waals surface area contributed by atoms with E-state index in [1.807, 2.05) is 13.0 Å². The van der Waals surface area contributed by atoms with Crippen LogP contribution >= 0.6 is 0 Å². The molecule has 1 saturated heterocycles. The molecule has 6 rings (SSSR count). The second-order valence-electron chi connectivity index (χ2n) is 10.4. The Labute approximate surface area is 196 Å². The number of likely N-dealkylation sites (N-methyl/N-ethyl adjacent to an activating group) is 1. The molecule has 174 valence electrons. The number of piperidine rings is 1. The first-order chi connectivity index (χ1) is 16.0. The Morgan fingerprint density at radius 3 is 2.76 bits per heavy atom. The topological polar surface area (TPSA) is 48.0 Å². The summed E-state index contributed by atoms with van der Waals surface area (Å²) >= 11 is 0. The largest absolute Gasteiger partial charge is 0.493 e. The van der Waals surface area contributed by atoms with Gasteiger partial charge in [0.2, 0.25) is 0 Å². The Kier molecular flexibility index (Phi) is 4.69. The predicted molar refractivity (Wildman–Crippen MR) is 126 cm³/mol. The van der Waals surface area contributed by atoms with Gasteiger partial charge in [-0.1, -0.05) is 36.4 Å². The van der Waals surface area contributed by atoms with Crippen LogP contribution in [0.4, 0.5) is 0 Å². The van der Waals surface area contributed by atoms with Crippen LogP contribution in [0.3, 0.4) is 0 Å². The summed E-state index contributed by atoms with van der Waals surface area (Å²) in [4.78, 5) is 16.0. The Hall–Kier alpha value is -2.37. The summed E-state index contributed by atoms with van der Waals surface area (Å²) in [5.74, 6) is 1.69. The Balaban J connectivity index is 1.44. The van der Waals surface area contributed by atoms with Gasteiger partial charge < -0.3 is 19.1 Å². The van der Waals surface area contributed by atoms with Crippen LogP contribution in [0.1, 0.15) is 49.3 Å². The fourth-order valence-electron chi connectivity index (χ4n) is 7.57. The molecule has 2 heterocycles. The molecule has 2 aromatic rings. The summed E-state index contributed by atoms with van der Waals surface area (Å²) in [5, 5.41) is 0. The minimum absolute atomic E-state index is 0.195. The third-order valence-electron chi connectivity index (χ3n) is 9.09. The summed E-state index contributed by atoms with van der Waals surface area (Å²) in [6, 6.07) is 15.0. The number of carbonyl (C=O) groups is 1. The molecule has 2 aliphatic carbocycles. The van der Waals surface area contributed by atoms with E-state index in [1.54, 1.807) is 7.11 Å². The maximum absolute atomic E-state index is 13.5. The summed E-state index contributed by atoms with van der Waals surface area (Å²) < 4.78 is 19.4. The van der Waals surface area contributed by atoms with Crippen LogP contribution in [0.5, 0.6) is 11.5 Å². The van der Waals surface area contributed by atoms with E-state index in [2.05, 4.69) is 48.3 Å². The van der Waals surface area contributed by atoms with Gasteiger partial charge in [0.15, 0.2) is 22.9 Å². The monoisotopic (exact) mass is 447 g/mol. The van der Waals surface area contributed by atoms with Crippen LogP contribution in [0.2, 0.25) is 0 Å². The van der Waals surface area contributed by atoms with Crippen LogP contribution in [0.15, 0.2) is 42.5 Å². The SMILES string of the molecule is COc1ccc2c3c1O[C@@]1(C)C(=O)CC[C@@]4(OCCCc5ccccc5)[C@@H](C2)N(C)CC[C@]314. The Morgan fingerprint density at radius 2 is 1.97 bits per heavy atom. The molecule has 0 N–H and O–H groups in total. The standard InChI is InChI=1S/C28H33NO4/c1-26-23(30)13-14-28(32-17-7-10-19-8-5-4-6-9-19)22-18-20-11-12-21(31-3)25(33-26)24(20)27(26,28)15-16-29(22)2/h4-6,8-9,11-12,22H,7,10,13-18H2,1-3H3/t22-,26+,27+,28-/m1/s1. The maximum atomic E-state index is 13.5. The highest BCUT2D eigenvalue weighted by Gasteiger charge is 2.78. The summed E-state index contributed by atoms with van der Waals surface area (Å²) in [7, 11) is 3.89. The van der Waals surface area contributed by atoms with Gasteiger partial charge >= 0.3 is 0 Å². The van der Waals surface area contributed by atoms with Crippen molar-refractivity contribution in [2.75, 3.05) is 27.3 Å². The molecule has 1 saturated carbocycles. The zero-order valence-electron chi connectivity index (χ0n) is 19.9. The van der Waals surface area contributed by atoms with Gasteiger partial charge in [0.1, 0.15) is 0 Å². The van der Waals surface area contributed by atoms with Gasteiger partial charge in [-0.3, -0.25) is 4.79 Å². The van der Waals surface area contributed by atoms with Gasteiger partial charge in [-0.2, -0.15) is 0 Å². The third-order valence-corrected chi connectivity index (χ3v) is 9.09. The van der Waals surface area contributed by atoms with E-state index >= 15 is 0 Å². The maximum Gasteiger partial charge on any atom is 0.177 e. The van der Waals surface area contributed by atoms with Crippen molar-refractivity contribution in [1.29, 1.82) is 0 Å². The number of Topliss-reactive ketones (excluding diaryl/α,β-unsaturated/α-hetero) is 1. The van der Waals surface area contributed by atoms with Crippen molar-refractivity contribution < 1.29 is 19.0 Å². The molecule has 1 spiro atoms. The zero-order valence-corrected chi connectivity index (χ0v) is 19.9. The number of rotatable bonds is 6. The van der Waals surface area contributed by atoms with Gasteiger partial charge in [-0.15, -0.1) is 0 Å². The first-order valence-corrected chi connectivity index (χ1v) is 12.3. The molecular formula is C28H33NO4. The lowest BCUT2D eigenvalue weighted by molar-refractivity contribution is -0.228. The Bertz CT molecular complexity index is 1100. The number of nitrogens with zero attached hydrogens (tertiary/aromatic N) is 1. The smallest absolute Gasteiger partial charge is 0.177 e. The average molecular weight is 448 g/mol. The number of carbonyl (C=O) groups excluding carboxylic acids is 1. The highest BCUT2D eigenvalue weighted by molar-refractivity contribution is 5.94. The van der Waals surface area contributed by atoms with Crippen LogP contribution < -0.4 is 9.47 Å². The number of aryl methyl sites for hydroxylation is 1. The number of likely N-dealkylation sites (tertiary alicyclic amines) is 1. The highest BCUT2D eigenvalue weighted by atomic mass is 16.5. The van der Waals surface area contributed by atoms with E-state index in [1.165, 1.54) is 16.7 Å². The Morgan fingerprint density at radius 1 is 1.15 bits per heavy atom. The van der Waals surface area contributed by atoms with Gasteiger partial charge in [-0.05, 0) is 69.8 Å². The van der Waals surface area contributed by atoms with Crippen molar-refractivity contribution in [2.45, 2.75) is 68.1 Å². The minimum atomic E-state index is -0.920. The van der Waals surface area contributed by atoms with Gasteiger partial charge in [0.25, 0.3) is 0 Å². The van der Waals surface area contributed by atoms with E-state index in [0.717, 1.165) is 50.1 Å². The summed E-state index contributed by atoms with van der Waals surface area (Å²) in [5.41, 5.74) is 1.97. The molecule has 5 heteroatoms. The molecule has 0 aromatic heterocycles. The van der Waals surface area contributed by atoms with Gasteiger partial charge in [0, 0.05) is 24.6 Å². The first-order valence-electron chi connectivity index (χ1n) is 12.3. The molecular weight excluding hydrogens is 414 g/mol. The lowest BCUT2D eigenvalue weighted by Crippen LogP contribution is -2.80. The lowest BCUT2D eigenvalue weighted by atomic mass is 9.45. The van der Waals surface area contributed by atoms with Crippen LogP contribution in [0, 0.1) is 0 Å². The number of methoxy groups -OCH3 is 1. The molecule has 4 atom stereocenters. The molecule has 5 nitrogen and oxygen atoms in total. The molecule has 2 bridgehead atoms. The number of ketones is 1. The van der Waals surface area contributed by atoms with E-state index in [9.17, 15) is 4.79 Å². The molecule has 4 aliphatic rings. The number of hydrogen-bond donors (Lipinski definition) is 0. The number of ether oxygens (including phenoxy) is 3. The highest BCUT2D eigenvalue weighted by Crippen LogP contribution is 2.69. The quantitative estimate of drug-likeness (QED) is 0.624. The molecule has 33 heavy (non-hydrogen) atoms. The minimum Gasteiger partial charge on any atom is -0.493 e. The predicted octanol–water partition coefficient (Wildman–Crippen LogP) is 4.10. The van der Waals surface area contributed by atoms with Crippen LogP contribution in [0.25, 0.3) is 0 Å². The lowest BCUT2D eigenvalue weighted by Gasteiger charge is -2.66. The fourth-order valence-corrected chi connectivity index (χ4v) is 7.57. The van der Waals surface area contributed by atoms with Crippen LogP contribution in [-0.2, 0) is 27.8 Å². The number of benzene rings is 2. The normalized spacial score (nSPS) is 34.0. The third kappa shape index (κ3) is 2.58. The van der Waals surface area contributed by atoms with Gasteiger partial charge in [-0.25, -0.2) is 0 Å². The van der Waals surface area contributed by atoms with E-state index < -0.39 is 16.6 Å². The van der Waals surface area contributed by atoms with Gasteiger partial charge in [0.05, 0.1) is 18.1 Å². The van der Waals surface area contributed by atoms with E-state index in [-0.39, 0.29) is 11.8 Å². The van der Waals surface area contributed by atoms with Crippen molar-refractivity contribution >= 4 is 5.78 Å². The zero-order chi connectivity index (χ0) is 22.8. The second-order valence-corrected chi connectivity index (χ2v) is 10.4. The van der Waals surface area contributed by atoms with Crippen LogP contribution in [-0.4, -0.2) is 55.2 Å². The molecule has 0 amide bonds. The van der Waals surface area contributed by atoms with Crippen molar-refractivity contribution in [3.05, 3.63) is 59.2 Å². The fraction of sp³-hybridized carbons (Fsp3) is 0.536. The van der Waals surface area contributed by atoms with E-state index in [0.29, 0.717) is 13.0 Å².